The van der Waals surface area contributed by atoms with Gasteiger partial charge in [0, 0.05) is 30.8 Å². The summed E-state index contributed by atoms with van der Waals surface area (Å²) in [6.07, 6.45) is 16.5. The second-order valence-corrected chi connectivity index (χ2v) is 10.9. The molecule has 0 saturated carbocycles. The summed E-state index contributed by atoms with van der Waals surface area (Å²) in [7, 11) is 1.59. The SMILES string of the molecule is C/C(=C\CN(C)C(=O)C(C)NC(=O)C1CCCCN1C(C)C)C(=O)O.C/C=C\C(C=O)=C/CC.C=CC.C=CC(=C)C.CC.CC.CCC. The fraction of sp³-hybridized carbons (Fsp3) is 0.610. The molecule has 8 heteroatoms. The van der Waals surface area contributed by atoms with E-state index in [1.54, 1.807) is 32.2 Å². The van der Waals surface area contributed by atoms with E-state index in [4.69, 9.17) is 5.11 Å². The molecular formula is C41H77N3O5. The van der Waals surface area contributed by atoms with Gasteiger partial charge in [-0.25, -0.2) is 4.79 Å². The summed E-state index contributed by atoms with van der Waals surface area (Å²) in [6, 6.07) is -0.552. The van der Waals surface area contributed by atoms with Crippen molar-refractivity contribution in [2.24, 2.45) is 0 Å². The van der Waals surface area contributed by atoms with Crippen molar-refractivity contribution < 1.29 is 24.3 Å². The zero-order chi connectivity index (χ0) is 40.0. The van der Waals surface area contributed by atoms with Gasteiger partial charge >= 0.3 is 5.97 Å². The molecule has 0 aromatic heterocycles. The molecule has 1 fully saturated rings. The van der Waals surface area contributed by atoms with Crippen LogP contribution in [0, 0.1) is 0 Å². The molecule has 0 radical (unpaired) electrons. The van der Waals surface area contributed by atoms with E-state index in [0.29, 0.717) is 0 Å². The summed E-state index contributed by atoms with van der Waals surface area (Å²) in [5.74, 6) is -1.36. The number of likely N-dealkylation sites (tertiary alicyclic amines) is 1. The number of aldehydes is 1. The highest BCUT2D eigenvalue weighted by Crippen LogP contribution is 2.19. The number of nitrogens with zero attached hydrogens (tertiary/aromatic N) is 2. The number of carboxylic acids is 1. The van der Waals surface area contributed by atoms with Crippen molar-refractivity contribution in [3.8, 4) is 0 Å². The van der Waals surface area contributed by atoms with Crippen LogP contribution in [-0.4, -0.2) is 77.2 Å². The number of piperidine rings is 1. The molecule has 0 aromatic carbocycles. The van der Waals surface area contributed by atoms with Crippen LogP contribution in [0.15, 0.2) is 72.9 Å². The van der Waals surface area contributed by atoms with Crippen molar-refractivity contribution in [3.63, 3.8) is 0 Å². The van der Waals surface area contributed by atoms with Crippen molar-refractivity contribution in [1.29, 1.82) is 0 Å². The van der Waals surface area contributed by atoms with Crippen molar-refractivity contribution in [3.05, 3.63) is 72.9 Å². The minimum atomic E-state index is -1.01. The van der Waals surface area contributed by atoms with Gasteiger partial charge in [-0.2, -0.15) is 0 Å². The Morgan fingerprint density at radius 2 is 1.45 bits per heavy atom. The van der Waals surface area contributed by atoms with Gasteiger partial charge in [0.15, 0.2) is 0 Å². The molecule has 49 heavy (non-hydrogen) atoms. The zero-order valence-corrected chi connectivity index (χ0v) is 34.3. The molecule has 1 saturated heterocycles. The number of hydrogen-bond acceptors (Lipinski definition) is 5. The van der Waals surface area contributed by atoms with Crippen LogP contribution in [0.3, 0.4) is 0 Å². The van der Waals surface area contributed by atoms with Gasteiger partial charge in [0.25, 0.3) is 0 Å². The maximum Gasteiger partial charge on any atom is 0.331 e. The highest BCUT2D eigenvalue weighted by Gasteiger charge is 2.32. The summed E-state index contributed by atoms with van der Waals surface area (Å²) < 4.78 is 0. The fourth-order valence-electron chi connectivity index (χ4n) is 3.59. The number of carbonyl (C=O) groups is 4. The molecule has 1 rings (SSSR count). The Kier molecular flexibility index (Phi) is 50.1. The molecule has 0 spiro atoms. The smallest absolute Gasteiger partial charge is 0.331 e. The van der Waals surface area contributed by atoms with E-state index in [9.17, 15) is 19.2 Å². The molecule has 2 N–H and O–H groups in total. The fourth-order valence-corrected chi connectivity index (χ4v) is 3.59. The number of rotatable bonds is 11. The van der Waals surface area contributed by atoms with Crippen molar-refractivity contribution in [1.82, 2.24) is 15.1 Å². The second kappa shape index (κ2) is 42.5. The Morgan fingerprint density at radius 1 is 0.980 bits per heavy atom. The average molecular weight is 692 g/mol. The number of nitrogens with one attached hydrogen (secondary N) is 1. The van der Waals surface area contributed by atoms with E-state index < -0.39 is 12.0 Å². The molecule has 1 aliphatic rings. The Bertz CT molecular complexity index is 964. The lowest BCUT2D eigenvalue weighted by molar-refractivity contribution is -0.137. The molecule has 0 bridgehead atoms. The van der Waals surface area contributed by atoms with Crippen molar-refractivity contribution >= 4 is 24.1 Å². The first-order valence-corrected chi connectivity index (χ1v) is 17.9. The molecule has 1 aliphatic heterocycles. The van der Waals surface area contributed by atoms with Gasteiger partial charge in [-0.1, -0.05) is 116 Å². The van der Waals surface area contributed by atoms with E-state index >= 15 is 0 Å². The zero-order valence-electron chi connectivity index (χ0n) is 34.3. The van der Waals surface area contributed by atoms with Gasteiger partial charge in [-0.3, -0.25) is 19.3 Å². The van der Waals surface area contributed by atoms with Crippen molar-refractivity contribution in [2.45, 2.75) is 147 Å². The Balaban J connectivity index is -0.000000157. The second-order valence-electron chi connectivity index (χ2n) is 10.9. The van der Waals surface area contributed by atoms with E-state index in [0.717, 1.165) is 49.7 Å². The highest BCUT2D eigenvalue weighted by molar-refractivity contribution is 5.90. The third-order valence-electron chi connectivity index (χ3n) is 5.91. The minimum absolute atomic E-state index is 0.111. The number of hydrogen-bond donors (Lipinski definition) is 2. The highest BCUT2D eigenvalue weighted by atomic mass is 16.4. The summed E-state index contributed by atoms with van der Waals surface area (Å²) in [4.78, 5) is 49.5. The van der Waals surface area contributed by atoms with Crippen LogP contribution in [0.1, 0.15) is 129 Å². The normalized spacial score (nSPS) is 14.2. The van der Waals surface area contributed by atoms with Crippen LogP contribution in [0.4, 0.5) is 0 Å². The van der Waals surface area contributed by atoms with Gasteiger partial charge in [0.1, 0.15) is 12.3 Å². The molecule has 286 valence electrons. The maximum atomic E-state index is 12.6. The molecule has 0 aliphatic carbocycles. The first-order valence-electron chi connectivity index (χ1n) is 17.9. The lowest BCUT2D eigenvalue weighted by Crippen LogP contribution is -2.55. The van der Waals surface area contributed by atoms with Crippen LogP contribution in [0.5, 0.6) is 0 Å². The summed E-state index contributed by atoms with van der Waals surface area (Å²) in [6.45, 7) is 38.7. The Labute approximate surface area is 303 Å². The van der Waals surface area contributed by atoms with Gasteiger partial charge < -0.3 is 15.3 Å². The van der Waals surface area contributed by atoms with Gasteiger partial charge in [-0.05, 0) is 74.3 Å². The topological polar surface area (TPSA) is 107 Å². The Hall–Kier alpha value is -3.52. The molecule has 2 atom stereocenters. The quantitative estimate of drug-likeness (QED) is 0.0967. The third kappa shape index (κ3) is 37.2. The number of allylic oxidation sites excluding steroid dienone is 7. The Morgan fingerprint density at radius 3 is 1.80 bits per heavy atom. The van der Waals surface area contributed by atoms with Crippen LogP contribution in [0.25, 0.3) is 0 Å². The monoisotopic (exact) mass is 692 g/mol. The van der Waals surface area contributed by atoms with E-state index in [1.165, 1.54) is 24.3 Å². The summed E-state index contributed by atoms with van der Waals surface area (Å²) in [5.41, 5.74) is 1.97. The van der Waals surface area contributed by atoms with Crippen LogP contribution in [0.2, 0.25) is 0 Å². The largest absolute Gasteiger partial charge is 0.478 e. The van der Waals surface area contributed by atoms with Crippen LogP contribution >= 0.6 is 0 Å². The number of carbonyl (C=O) groups excluding carboxylic acids is 3. The molecule has 1 heterocycles. The lowest BCUT2D eigenvalue weighted by atomic mass is 9.99. The number of carboxylic acid groups (broad SMARTS) is 1. The third-order valence-corrected chi connectivity index (χ3v) is 5.91. The van der Waals surface area contributed by atoms with E-state index in [1.807, 2.05) is 67.5 Å². The molecule has 2 unspecified atom stereocenters. The van der Waals surface area contributed by atoms with Gasteiger partial charge in [-0.15, -0.1) is 6.58 Å². The molecular weight excluding hydrogens is 614 g/mol. The molecule has 2 amide bonds. The van der Waals surface area contributed by atoms with E-state index in [-0.39, 0.29) is 36.0 Å². The summed E-state index contributed by atoms with van der Waals surface area (Å²) >= 11 is 0. The number of aliphatic carboxylic acids is 1. The van der Waals surface area contributed by atoms with Gasteiger partial charge in [0.2, 0.25) is 11.8 Å². The van der Waals surface area contributed by atoms with Crippen molar-refractivity contribution in [2.75, 3.05) is 20.1 Å². The predicted octanol–water partition coefficient (Wildman–Crippen LogP) is 9.75. The maximum absolute atomic E-state index is 12.6. The van der Waals surface area contributed by atoms with Crippen LogP contribution in [-0.2, 0) is 19.2 Å². The molecule has 0 aromatic rings. The van der Waals surface area contributed by atoms with Crippen LogP contribution < -0.4 is 5.32 Å². The predicted molar refractivity (Wildman–Crippen MR) is 215 cm³/mol. The number of likely N-dealkylation sites (N-methyl/N-ethyl adjacent to an activating group) is 1. The lowest BCUT2D eigenvalue weighted by Gasteiger charge is -2.38. The standard InChI is InChI=1S/C18H31N3O4.C8H12O.C5H8.C3H8.C3H6.2C2H6/c1-12(2)21-10-7-6-8-15(21)16(22)19-14(4)17(23)20(5)11-9-13(3)18(24)25;1-3-5-8(7-9)6-4-2;1-4-5(2)3;2*1-3-2;2*1-2/h9,12,14-15H,6-8,10-11H2,1-5H3,(H,19,22)(H,24,25);3,5-7H,4H2,1-2H3;4H,1-2H2,3H3;3H2,1-2H3;3H,1H2,2H3;2*1-2H3/b13-9+;5-3-,8-6+;;;;;. The minimum Gasteiger partial charge on any atom is -0.478 e. The summed E-state index contributed by atoms with van der Waals surface area (Å²) in [5, 5.41) is 11.7. The first-order chi connectivity index (χ1) is 23.1. The number of amides is 2. The van der Waals surface area contributed by atoms with Gasteiger partial charge in [0.05, 0.1) is 6.04 Å². The average Bonchev–Trinajstić information content (AvgIpc) is 3.09. The molecule has 8 nitrogen and oxygen atoms in total. The van der Waals surface area contributed by atoms with E-state index in [2.05, 4.69) is 57.6 Å². The first kappa shape index (κ1) is 57.7.